The molecule has 1 N–H and O–H groups in total. The maximum atomic E-state index is 5.73. The summed E-state index contributed by atoms with van der Waals surface area (Å²) in [6.07, 6.45) is 2.01. The third kappa shape index (κ3) is 5.14. The molecule has 0 radical (unpaired) electrons. The van der Waals surface area contributed by atoms with Gasteiger partial charge in [0.2, 0.25) is 17.4 Å². The minimum atomic E-state index is -0.975. The highest BCUT2D eigenvalue weighted by molar-refractivity contribution is 5.80. The normalized spacial score (nSPS) is 11.3. The molecule has 0 saturated carbocycles. The summed E-state index contributed by atoms with van der Waals surface area (Å²) in [5, 5.41) is 19.3. The Morgan fingerprint density at radius 2 is 1.77 bits per heavy atom. The lowest BCUT2D eigenvalue weighted by molar-refractivity contribution is -0.225. The molecule has 35 heavy (non-hydrogen) atoms. The van der Waals surface area contributed by atoms with E-state index in [0.717, 1.165) is 34.5 Å². The van der Waals surface area contributed by atoms with Crippen LogP contribution in [0.25, 0.3) is 22.5 Å². The van der Waals surface area contributed by atoms with Crippen molar-refractivity contribution in [2.45, 2.75) is 45.4 Å². The molecule has 2 heterocycles. The molecule has 4 aromatic rings. The monoisotopic (exact) mass is 471 g/mol. The number of nitrogens with one attached hydrogen (secondary N) is 1. The highest BCUT2D eigenvalue weighted by atomic mass is 16.7. The predicted molar refractivity (Wildman–Crippen MR) is 132 cm³/mol. The van der Waals surface area contributed by atoms with Crippen molar-refractivity contribution in [3.63, 3.8) is 0 Å². The second-order valence-electron chi connectivity index (χ2n) is 8.00. The van der Waals surface area contributed by atoms with Gasteiger partial charge in [0.1, 0.15) is 5.82 Å². The zero-order chi connectivity index (χ0) is 24.7. The Kier molecular flexibility index (Phi) is 7.65. The van der Waals surface area contributed by atoms with Gasteiger partial charge < -0.3 is 9.47 Å². The molecular weight excluding hydrogens is 442 g/mol. The van der Waals surface area contributed by atoms with Gasteiger partial charge in [0.15, 0.2) is 0 Å². The third-order valence-electron chi connectivity index (χ3n) is 5.86. The van der Waals surface area contributed by atoms with Crippen LogP contribution in [-0.2, 0) is 28.2 Å². The van der Waals surface area contributed by atoms with Gasteiger partial charge in [-0.2, -0.15) is 5.21 Å². The first-order valence-corrected chi connectivity index (χ1v) is 11.5. The summed E-state index contributed by atoms with van der Waals surface area (Å²) in [4.78, 5) is 4.76. The van der Waals surface area contributed by atoms with Crippen molar-refractivity contribution in [3.8, 4) is 34.4 Å². The van der Waals surface area contributed by atoms with Gasteiger partial charge in [-0.05, 0) is 28.8 Å². The minimum Gasteiger partial charge on any atom is -0.347 e. The van der Waals surface area contributed by atoms with E-state index in [1.54, 1.807) is 14.2 Å². The molecule has 2 aromatic carbocycles. The van der Waals surface area contributed by atoms with Crippen molar-refractivity contribution >= 4 is 0 Å². The maximum absolute atomic E-state index is 5.73. The van der Waals surface area contributed by atoms with Gasteiger partial charge >= 0.3 is 0 Å². The molecule has 0 aliphatic heterocycles. The van der Waals surface area contributed by atoms with E-state index in [1.807, 2.05) is 29.8 Å². The van der Waals surface area contributed by atoms with Crippen molar-refractivity contribution in [3.05, 3.63) is 65.7 Å². The molecule has 0 atom stereocenters. The fourth-order valence-corrected chi connectivity index (χ4v) is 4.04. The van der Waals surface area contributed by atoms with Crippen molar-refractivity contribution in [1.82, 2.24) is 35.4 Å². The topological polar surface area (TPSA) is 104 Å². The lowest BCUT2D eigenvalue weighted by atomic mass is 9.98. The van der Waals surface area contributed by atoms with E-state index in [0.29, 0.717) is 31.0 Å². The SMILES string of the molecule is CC#CCc1nc(C(CCC)(OC)OC)nn1Cc1ccc(-c2ccccc2-c2nn[nH]n2)cc1. The first-order valence-electron chi connectivity index (χ1n) is 11.5. The molecule has 9 heteroatoms. The molecule has 0 fully saturated rings. The second-order valence-corrected chi connectivity index (χ2v) is 8.00. The number of H-pyrrole nitrogens is 1. The van der Waals surface area contributed by atoms with Crippen LogP contribution in [0.5, 0.6) is 0 Å². The fourth-order valence-electron chi connectivity index (χ4n) is 4.04. The van der Waals surface area contributed by atoms with Gasteiger partial charge in [0.25, 0.3) is 0 Å². The maximum Gasteiger partial charge on any atom is 0.231 e. The molecule has 2 aromatic heterocycles. The Morgan fingerprint density at radius 3 is 2.40 bits per heavy atom. The quantitative estimate of drug-likeness (QED) is 0.276. The van der Waals surface area contributed by atoms with Crippen molar-refractivity contribution < 1.29 is 9.47 Å². The number of rotatable bonds is 10. The molecular formula is C26H29N7O2. The van der Waals surface area contributed by atoms with Crippen molar-refractivity contribution in [2.75, 3.05) is 14.2 Å². The number of benzene rings is 2. The number of nitrogens with zero attached hydrogens (tertiary/aromatic N) is 6. The third-order valence-corrected chi connectivity index (χ3v) is 5.86. The first-order chi connectivity index (χ1) is 17.1. The number of tetrazole rings is 1. The Labute approximate surface area is 204 Å². The van der Waals surface area contributed by atoms with Gasteiger partial charge in [-0.25, -0.2) is 9.67 Å². The average Bonchev–Trinajstić information content (AvgIpc) is 3.57. The average molecular weight is 472 g/mol. The lowest BCUT2D eigenvalue weighted by Crippen LogP contribution is -2.32. The van der Waals surface area contributed by atoms with Gasteiger partial charge in [-0.1, -0.05) is 67.8 Å². The van der Waals surface area contributed by atoms with E-state index < -0.39 is 5.79 Å². The fraction of sp³-hybridized carbons (Fsp3) is 0.346. The molecule has 0 aliphatic rings. The van der Waals surface area contributed by atoms with E-state index in [1.165, 1.54) is 0 Å². The molecule has 9 nitrogen and oxygen atoms in total. The van der Waals surface area contributed by atoms with Crippen LogP contribution in [0.3, 0.4) is 0 Å². The van der Waals surface area contributed by atoms with Crippen LogP contribution in [0, 0.1) is 11.8 Å². The summed E-state index contributed by atoms with van der Waals surface area (Å²) >= 11 is 0. The molecule has 0 bridgehead atoms. The van der Waals surface area contributed by atoms with Crippen LogP contribution in [-0.4, -0.2) is 49.6 Å². The smallest absolute Gasteiger partial charge is 0.231 e. The molecule has 0 amide bonds. The number of ether oxygens (including phenoxy) is 2. The molecule has 0 aliphatic carbocycles. The summed E-state index contributed by atoms with van der Waals surface area (Å²) in [7, 11) is 3.24. The number of aromatic amines is 1. The largest absolute Gasteiger partial charge is 0.347 e. The Hall–Kier alpha value is -3.87. The minimum absolute atomic E-state index is 0.495. The van der Waals surface area contributed by atoms with Crippen LogP contribution in [0.15, 0.2) is 48.5 Å². The van der Waals surface area contributed by atoms with Crippen LogP contribution in [0.2, 0.25) is 0 Å². The molecule has 0 unspecified atom stereocenters. The number of hydrogen-bond acceptors (Lipinski definition) is 7. The number of hydrogen-bond donors (Lipinski definition) is 1. The van der Waals surface area contributed by atoms with E-state index in [-0.39, 0.29) is 0 Å². The van der Waals surface area contributed by atoms with E-state index in [4.69, 9.17) is 19.6 Å². The van der Waals surface area contributed by atoms with Crippen LogP contribution in [0.1, 0.15) is 43.9 Å². The van der Waals surface area contributed by atoms with Crippen molar-refractivity contribution in [2.24, 2.45) is 0 Å². The zero-order valence-electron chi connectivity index (χ0n) is 20.4. The lowest BCUT2D eigenvalue weighted by Gasteiger charge is -2.27. The van der Waals surface area contributed by atoms with Gasteiger partial charge in [0, 0.05) is 26.2 Å². The summed E-state index contributed by atoms with van der Waals surface area (Å²) in [6.45, 7) is 4.44. The predicted octanol–water partition coefficient (Wildman–Crippen LogP) is 3.99. The second kappa shape index (κ2) is 11.0. The van der Waals surface area contributed by atoms with Crippen LogP contribution >= 0.6 is 0 Å². The van der Waals surface area contributed by atoms with Gasteiger partial charge in [0.05, 0.1) is 13.0 Å². The number of aromatic nitrogens is 7. The molecule has 0 saturated heterocycles. The van der Waals surface area contributed by atoms with Gasteiger partial charge in [-0.3, -0.25) is 0 Å². The summed E-state index contributed by atoms with van der Waals surface area (Å²) in [5.74, 6) is 6.92. The molecule has 180 valence electrons. The van der Waals surface area contributed by atoms with Crippen molar-refractivity contribution in [1.29, 1.82) is 0 Å². The molecule has 4 rings (SSSR count). The first kappa shape index (κ1) is 24.3. The molecule has 0 spiro atoms. The zero-order valence-corrected chi connectivity index (χ0v) is 20.4. The summed E-state index contributed by atoms with van der Waals surface area (Å²) < 4.78 is 13.3. The van der Waals surface area contributed by atoms with E-state index in [9.17, 15) is 0 Å². The summed E-state index contributed by atoms with van der Waals surface area (Å²) in [6, 6.07) is 16.3. The Bertz CT molecular complexity index is 1300. The van der Waals surface area contributed by atoms with Gasteiger partial charge in [-0.15, -0.1) is 21.2 Å². The van der Waals surface area contributed by atoms with Crippen LogP contribution in [0.4, 0.5) is 0 Å². The van der Waals surface area contributed by atoms with E-state index >= 15 is 0 Å². The number of methoxy groups -OCH3 is 2. The standard InChI is InChI=1S/C26H29N7O2/c1-5-7-12-23-27-25(26(34-3,35-4)17-6-2)30-33(23)18-19-13-15-20(16-14-19)21-10-8-9-11-22(21)24-28-31-32-29-24/h8-11,13-16H,6,12,17-18H2,1-4H3,(H,28,29,31,32). The highest BCUT2D eigenvalue weighted by Gasteiger charge is 2.36. The summed E-state index contributed by atoms with van der Waals surface area (Å²) in [5.41, 5.74) is 4.10. The Morgan fingerprint density at radius 1 is 1.03 bits per heavy atom. The van der Waals surface area contributed by atoms with Crippen LogP contribution < -0.4 is 0 Å². The Balaban J connectivity index is 1.64. The van der Waals surface area contributed by atoms with E-state index in [2.05, 4.69) is 69.7 Å². The highest BCUT2D eigenvalue weighted by Crippen LogP contribution is 2.31.